The van der Waals surface area contributed by atoms with Gasteiger partial charge in [0, 0.05) is 34.1 Å². The van der Waals surface area contributed by atoms with Crippen molar-refractivity contribution in [2.45, 2.75) is 0 Å². The van der Waals surface area contributed by atoms with E-state index in [1.165, 1.54) is 0 Å². The normalized spacial score (nSPS) is 9.16. The van der Waals surface area contributed by atoms with Gasteiger partial charge in [-0.3, -0.25) is 27.3 Å². The summed E-state index contributed by atoms with van der Waals surface area (Å²) in [5, 5.41) is 0. The third kappa shape index (κ3) is 15700. The van der Waals surface area contributed by atoms with Gasteiger partial charge in [-0.2, -0.15) is 25.3 Å². The maximum Gasteiger partial charge on any atom is 0.394 e. The minimum atomic E-state index is -4.67. The number of hydrogen-bond donors (Lipinski definition) is 7. The minimum absolute atomic E-state index is 0. The first-order chi connectivity index (χ1) is 6.00. The number of rotatable bonds is 0. The third-order valence-corrected chi connectivity index (χ3v) is 0. The van der Waals surface area contributed by atoms with Crippen molar-refractivity contribution in [1.82, 2.24) is 6.15 Å². The van der Waals surface area contributed by atoms with Crippen molar-refractivity contribution >= 4 is 31.2 Å². The first-order valence-electron chi connectivity index (χ1n) is 2.10. The Morgan fingerprint density at radius 2 is 0.474 bits per heavy atom. The van der Waals surface area contributed by atoms with E-state index >= 15 is 0 Å². The van der Waals surface area contributed by atoms with Gasteiger partial charge in [0.25, 0.3) is 0 Å². The van der Waals surface area contributed by atoms with Gasteiger partial charge < -0.3 is 11.6 Å². The van der Waals surface area contributed by atoms with Crippen molar-refractivity contribution in [3.8, 4) is 0 Å². The van der Waals surface area contributed by atoms with Crippen LogP contribution in [0.1, 0.15) is 0 Å². The summed E-state index contributed by atoms with van der Waals surface area (Å²) < 4.78 is 94.8. The van der Waals surface area contributed by atoms with E-state index in [4.69, 9.17) is 52.6 Å². The van der Waals surface area contributed by atoms with Gasteiger partial charge in [0.1, 0.15) is 0 Å². The van der Waals surface area contributed by atoms with E-state index in [-0.39, 0.29) is 45.8 Å². The van der Waals surface area contributed by atoms with Gasteiger partial charge in [-0.05, 0) is 0 Å². The van der Waals surface area contributed by atoms with E-state index in [1.807, 2.05) is 0 Å². The van der Waals surface area contributed by atoms with E-state index in [9.17, 15) is 0 Å². The minimum Gasteiger partial charge on any atom is -0.412 e. The van der Waals surface area contributed by atoms with Gasteiger partial charge in [-0.1, -0.05) is 0 Å². The molecular formula is H11Fe2NO13S3. The fraction of sp³-hybridized carbons (Fsp3) is 0. The molecule has 0 aliphatic heterocycles. The molecule has 0 fully saturated rings. The van der Waals surface area contributed by atoms with E-state index in [1.54, 1.807) is 0 Å². The van der Waals surface area contributed by atoms with Crippen LogP contribution in [0, 0.1) is 0 Å². The molecule has 0 heterocycles. The number of hydrogen-bond acceptors (Lipinski definition) is 7. The molecule has 11 N–H and O–H groups in total. The predicted molar refractivity (Wildman–Crippen MR) is 51.2 cm³/mol. The molecule has 0 aromatic heterocycles. The Hall–Kier alpha value is 0.569. The molecule has 0 amide bonds. The van der Waals surface area contributed by atoms with Crippen molar-refractivity contribution in [3.63, 3.8) is 0 Å². The largest absolute Gasteiger partial charge is 0.412 e. The molecule has 0 aromatic carbocycles. The summed E-state index contributed by atoms with van der Waals surface area (Å²) in [4.78, 5) is 0. The monoisotopic (exact) mass is 441 g/mol. The van der Waals surface area contributed by atoms with Crippen LogP contribution in [0.3, 0.4) is 0 Å². The molecule has 0 rings (SSSR count). The second-order valence-corrected chi connectivity index (χ2v) is 4.03. The van der Waals surface area contributed by atoms with Gasteiger partial charge in [0.2, 0.25) is 0 Å². The van der Waals surface area contributed by atoms with Gasteiger partial charge in [-0.25, -0.2) is 0 Å². The molecular weight excluding hydrogens is 430 g/mol. The molecule has 19 heteroatoms. The maximum atomic E-state index is 8.74. The Morgan fingerprint density at radius 1 is 0.474 bits per heavy atom. The summed E-state index contributed by atoms with van der Waals surface area (Å²) in [7, 11) is -14.0. The van der Waals surface area contributed by atoms with Crippen LogP contribution in [0.15, 0.2) is 0 Å². The maximum absolute atomic E-state index is 8.74. The zero-order chi connectivity index (χ0) is 13.5. The van der Waals surface area contributed by atoms with Gasteiger partial charge in [-0.15, -0.1) is 0 Å². The molecule has 128 valence electrons. The second kappa shape index (κ2) is 16.6. The average Bonchev–Trinajstić information content (AvgIpc) is 1.41. The fourth-order valence-corrected chi connectivity index (χ4v) is 0. The molecule has 0 aliphatic carbocycles. The molecule has 0 saturated heterocycles. The standard InChI is InChI=1S/2Fe.H3N.3H2O4S.H2O/c;;;3*1-5(2,3)4;/h;;1H3;3*(H2,1,2,3,4);1H2. The van der Waals surface area contributed by atoms with Crippen LogP contribution < -0.4 is 6.15 Å². The molecule has 0 spiro atoms. The average molecular weight is 441 g/mol. The van der Waals surface area contributed by atoms with Gasteiger partial charge >= 0.3 is 31.2 Å². The zero-order valence-corrected chi connectivity index (χ0v) is 12.9. The second-order valence-electron chi connectivity index (χ2n) is 1.34. The Morgan fingerprint density at radius 3 is 0.474 bits per heavy atom. The van der Waals surface area contributed by atoms with Gasteiger partial charge in [0.05, 0.1) is 0 Å². The molecule has 0 atom stereocenters. The molecule has 0 aliphatic rings. The first kappa shape index (κ1) is 42.7. The molecule has 19 heavy (non-hydrogen) atoms. The third-order valence-electron chi connectivity index (χ3n) is 0. The zero-order valence-electron chi connectivity index (χ0n) is 8.27. The van der Waals surface area contributed by atoms with Crippen LogP contribution in [0.25, 0.3) is 0 Å². The van der Waals surface area contributed by atoms with Crippen molar-refractivity contribution in [2.24, 2.45) is 0 Å². The summed E-state index contributed by atoms with van der Waals surface area (Å²) in [6.45, 7) is 0. The van der Waals surface area contributed by atoms with Crippen molar-refractivity contribution < 1.29 is 92.2 Å². The fourth-order valence-electron chi connectivity index (χ4n) is 0. The van der Waals surface area contributed by atoms with Crippen LogP contribution in [0.4, 0.5) is 0 Å². The molecule has 0 aromatic rings. The van der Waals surface area contributed by atoms with Crippen LogP contribution in [0.5, 0.6) is 0 Å². The molecule has 0 bridgehead atoms. The van der Waals surface area contributed by atoms with E-state index in [2.05, 4.69) is 0 Å². The summed E-state index contributed by atoms with van der Waals surface area (Å²) in [6, 6.07) is 0. The van der Waals surface area contributed by atoms with Crippen molar-refractivity contribution in [2.75, 3.05) is 0 Å². The Balaban J connectivity index is -0.0000000206. The Labute approximate surface area is 129 Å². The summed E-state index contributed by atoms with van der Waals surface area (Å²) in [5.41, 5.74) is 0. The van der Waals surface area contributed by atoms with Crippen molar-refractivity contribution in [1.29, 1.82) is 0 Å². The van der Waals surface area contributed by atoms with Gasteiger partial charge in [0.15, 0.2) is 0 Å². The molecule has 0 radical (unpaired) electrons. The Kier molecular flexibility index (Phi) is 37.4. The quantitative estimate of drug-likeness (QED) is 0.150. The van der Waals surface area contributed by atoms with Crippen LogP contribution in [-0.2, 0) is 65.3 Å². The summed E-state index contributed by atoms with van der Waals surface area (Å²) in [5.74, 6) is 0. The van der Waals surface area contributed by atoms with Crippen LogP contribution >= 0.6 is 0 Å². The van der Waals surface area contributed by atoms with Crippen LogP contribution in [0.2, 0.25) is 0 Å². The van der Waals surface area contributed by atoms with E-state index in [0.717, 1.165) is 0 Å². The first-order valence-corrected chi connectivity index (χ1v) is 6.29. The van der Waals surface area contributed by atoms with E-state index in [0.29, 0.717) is 0 Å². The SMILES string of the molecule is N.O.O=S(=O)(O)O.O=S(=O)(O)O.O=S(=O)(O)O.[Fe].[Fe]. The summed E-state index contributed by atoms with van der Waals surface area (Å²) in [6.07, 6.45) is 0. The molecule has 0 unspecified atom stereocenters. The predicted octanol–water partition coefficient (Wildman–Crippen LogP) is -2.63. The molecule has 0 saturated carbocycles. The topological polar surface area (TPSA) is 290 Å². The van der Waals surface area contributed by atoms with Crippen molar-refractivity contribution in [3.05, 3.63) is 0 Å². The Bertz CT molecular complexity index is 347. The smallest absolute Gasteiger partial charge is 0.394 e. The molecule has 14 nitrogen and oxygen atoms in total. The van der Waals surface area contributed by atoms with E-state index < -0.39 is 31.2 Å². The van der Waals surface area contributed by atoms with Crippen LogP contribution in [-0.4, -0.2) is 58.0 Å². The summed E-state index contributed by atoms with van der Waals surface area (Å²) >= 11 is 0.